The Balaban J connectivity index is 4.02. The van der Waals surface area contributed by atoms with Crippen molar-refractivity contribution in [3.8, 4) is 0 Å². The Morgan fingerprint density at radius 2 is 0.769 bits per heavy atom. The van der Waals surface area contributed by atoms with E-state index in [9.17, 15) is 4.79 Å². The lowest BCUT2D eigenvalue weighted by atomic mass is 9.90. The minimum Gasteiger partial charge on any atom is -0.466 e. The number of carbonyl (C=O) groups excluding carboxylic acids is 1. The Bertz CT molecular complexity index is 677. The van der Waals surface area contributed by atoms with Gasteiger partial charge >= 0.3 is 5.97 Å². The second-order valence-electron chi connectivity index (χ2n) is 17.2. The van der Waals surface area contributed by atoms with Gasteiger partial charge in [-0.1, -0.05) is 195 Å². The maximum atomic E-state index is 12.5. The quantitative estimate of drug-likeness (QED) is 0.0462. The monoisotopic (exact) mass is 736 g/mol. The van der Waals surface area contributed by atoms with Gasteiger partial charge in [0.25, 0.3) is 0 Å². The molecule has 0 heterocycles. The smallest absolute Gasteiger partial charge is 0.306 e. The molecule has 0 fully saturated rings. The van der Waals surface area contributed by atoms with Crippen LogP contribution in [-0.4, -0.2) is 51.3 Å². The first-order valence-electron chi connectivity index (χ1n) is 23.8. The molecule has 0 amide bonds. The van der Waals surface area contributed by atoms with E-state index in [-0.39, 0.29) is 5.97 Å². The third-order valence-electron chi connectivity index (χ3n) is 11.6. The number of nitrogens with zero attached hydrogens (tertiary/aromatic N) is 1. The third kappa shape index (κ3) is 37.7. The summed E-state index contributed by atoms with van der Waals surface area (Å²) >= 11 is 0. The van der Waals surface area contributed by atoms with Crippen molar-refractivity contribution < 1.29 is 14.3 Å². The SMILES string of the molecule is CCCCCC(CCCCC)CCOCCCCCCCCC(CCCCCCCCOC(=O)CC(CCCCC)CCCCC)CCCN(C)C. The summed E-state index contributed by atoms with van der Waals surface area (Å²) < 4.78 is 11.8. The van der Waals surface area contributed by atoms with Gasteiger partial charge in [-0.2, -0.15) is 0 Å². The highest BCUT2D eigenvalue weighted by molar-refractivity contribution is 5.69. The van der Waals surface area contributed by atoms with Crippen LogP contribution in [0.4, 0.5) is 0 Å². The molecule has 52 heavy (non-hydrogen) atoms. The Morgan fingerprint density at radius 1 is 0.404 bits per heavy atom. The van der Waals surface area contributed by atoms with Crippen LogP contribution >= 0.6 is 0 Å². The predicted molar refractivity (Wildman–Crippen MR) is 230 cm³/mol. The van der Waals surface area contributed by atoms with Gasteiger partial charge in [-0.15, -0.1) is 0 Å². The van der Waals surface area contributed by atoms with Gasteiger partial charge in [0, 0.05) is 19.6 Å². The average Bonchev–Trinajstić information content (AvgIpc) is 3.12. The molecule has 4 heteroatoms. The zero-order valence-electron chi connectivity index (χ0n) is 36.8. The Kier molecular flexibility index (Phi) is 41.1. The van der Waals surface area contributed by atoms with Crippen molar-refractivity contribution >= 4 is 5.97 Å². The first kappa shape index (κ1) is 51.4. The number of esters is 1. The van der Waals surface area contributed by atoms with Gasteiger partial charge in [0.05, 0.1) is 6.61 Å². The topological polar surface area (TPSA) is 38.8 Å². The van der Waals surface area contributed by atoms with Gasteiger partial charge < -0.3 is 14.4 Å². The molecule has 0 spiro atoms. The van der Waals surface area contributed by atoms with Crippen molar-refractivity contribution in [1.82, 2.24) is 4.90 Å². The zero-order chi connectivity index (χ0) is 38.2. The van der Waals surface area contributed by atoms with Crippen LogP contribution in [0.3, 0.4) is 0 Å². The van der Waals surface area contributed by atoms with E-state index in [1.807, 2.05) is 0 Å². The summed E-state index contributed by atoms with van der Waals surface area (Å²) in [5.41, 5.74) is 0. The largest absolute Gasteiger partial charge is 0.466 e. The van der Waals surface area contributed by atoms with Crippen molar-refractivity contribution in [2.24, 2.45) is 17.8 Å². The van der Waals surface area contributed by atoms with Crippen LogP contribution in [0.5, 0.6) is 0 Å². The van der Waals surface area contributed by atoms with E-state index in [0.29, 0.717) is 18.9 Å². The first-order valence-corrected chi connectivity index (χ1v) is 23.8. The van der Waals surface area contributed by atoms with E-state index in [0.717, 1.165) is 31.5 Å². The van der Waals surface area contributed by atoms with Crippen LogP contribution in [-0.2, 0) is 14.3 Å². The van der Waals surface area contributed by atoms with Gasteiger partial charge in [-0.3, -0.25) is 4.79 Å². The third-order valence-corrected chi connectivity index (χ3v) is 11.6. The lowest BCUT2D eigenvalue weighted by Crippen LogP contribution is -2.14. The van der Waals surface area contributed by atoms with Gasteiger partial charge in [0.15, 0.2) is 0 Å². The second kappa shape index (κ2) is 41.6. The summed E-state index contributed by atoms with van der Waals surface area (Å²) in [6.45, 7) is 12.9. The molecule has 0 aromatic heterocycles. The summed E-state index contributed by atoms with van der Waals surface area (Å²) in [7, 11) is 4.42. The normalized spacial score (nSPS) is 12.5. The minimum absolute atomic E-state index is 0.0491. The molecule has 0 bridgehead atoms. The molecular formula is C48H97NO3. The number of hydrogen-bond acceptors (Lipinski definition) is 4. The van der Waals surface area contributed by atoms with Crippen molar-refractivity contribution in [3.05, 3.63) is 0 Å². The van der Waals surface area contributed by atoms with E-state index >= 15 is 0 Å². The van der Waals surface area contributed by atoms with Gasteiger partial charge in [0.2, 0.25) is 0 Å². The van der Waals surface area contributed by atoms with E-state index in [4.69, 9.17) is 9.47 Å². The highest BCUT2D eigenvalue weighted by Crippen LogP contribution is 2.25. The van der Waals surface area contributed by atoms with E-state index < -0.39 is 0 Å². The van der Waals surface area contributed by atoms with Crippen LogP contribution in [0, 0.1) is 17.8 Å². The lowest BCUT2D eigenvalue weighted by molar-refractivity contribution is -0.145. The molecule has 1 atom stereocenters. The van der Waals surface area contributed by atoms with Crippen molar-refractivity contribution in [2.75, 3.05) is 40.5 Å². The van der Waals surface area contributed by atoms with Gasteiger partial charge in [0.1, 0.15) is 0 Å². The fourth-order valence-electron chi connectivity index (χ4n) is 8.06. The fraction of sp³-hybridized carbons (Fsp3) is 0.979. The number of ether oxygens (including phenoxy) is 2. The summed E-state index contributed by atoms with van der Waals surface area (Å²) in [5, 5.41) is 0. The Hall–Kier alpha value is -0.610. The second-order valence-corrected chi connectivity index (χ2v) is 17.2. The number of rotatable bonds is 43. The molecule has 0 radical (unpaired) electrons. The highest BCUT2D eigenvalue weighted by Gasteiger charge is 2.15. The summed E-state index contributed by atoms with van der Waals surface area (Å²) in [4.78, 5) is 14.8. The van der Waals surface area contributed by atoms with Crippen molar-refractivity contribution in [2.45, 2.75) is 246 Å². The predicted octanol–water partition coefficient (Wildman–Crippen LogP) is 15.3. The lowest BCUT2D eigenvalue weighted by Gasteiger charge is -2.18. The standard InChI is InChI=1S/C48H97NO3/c1-7-11-23-32-46(33-24-12-8-2)39-43-51-41-29-21-17-15-19-27-34-45(38-31-40-49(5)6)35-28-20-16-18-22-30-42-52-48(50)44-47(36-25-13-9-3)37-26-14-10-4/h45-47H,7-44H2,1-6H3. The highest BCUT2D eigenvalue weighted by atomic mass is 16.5. The molecule has 0 N–H and O–H groups in total. The maximum Gasteiger partial charge on any atom is 0.306 e. The Morgan fingerprint density at radius 3 is 1.23 bits per heavy atom. The number of unbranched alkanes of at least 4 members (excludes halogenated alkanes) is 18. The molecule has 0 saturated heterocycles. The molecule has 4 nitrogen and oxygen atoms in total. The molecule has 0 aromatic carbocycles. The molecule has 0 aliphatic rings. The summed E-state index contributed by atoms with van der Waals surface area (Å²) in [6.07, 6.45) is 44.3. The average molecular weight is 736 g/mol. The molecule has 0 aliphatic heterocycles. The molecule has 0 aliphatic carbocycles. The molecular weight excluding hydrogens is 639 g/mol. The van der Waals surface area contributed by atoms with Crippen LogP contribution in [0.1, 0.15) is 246 Å². The van der Waals surface area contributed by atoms with Crippen LogP contribution in [0.15, 0.2) is 0 Å². The fourth-order valence-corrected chi connectivity index (χ4v) is 8.06. The van der Waals surface area contributed by atoms with Crippen LogP contribution < -0.4 is 0 Å². The van der Waals surface area contributed by atoms with E-state index in [1.165, 1.54) is 212 Å². The van der Waals surface area contributed by atoms with Crippen LogP contribution in [0.2, 0.25) is 0 Å². The van der Waals surface area contributed by atoms with E-state index in [1.54, 1.807) is 0 Å². The van der Waals surface area contributed by atoms with Gasteiger partial charge in [-0.05, 0) is 83.3 Å². The van der Waals surface area contributed by atoms with Gasteiger partial charge in [-0.25, -0.2) is 0 Å². The summed E-state index contributed by atoms with van der Waals surface area (Å²) in [5.74, 6) is 2.38. The molecule has 0 saturated carbocycles. The van der Waals surface area contributed by atoms with E-state index in [2.05, 4.69) is 46.7 Å². The number of hydrogen-bond donors (Lipinski definition) is 0. The molecule has 0 aromatic rings. The Labute approximate surface area is 328 Å². The van der Waals surface area contributed by atoms with Crippen molar-refractivity contribution in [1.29, 1.82) is 0 Å². The zero-order valence-corrected chi connectivity index (χ0v) is 36.8. The molecule has 1 unspecified atom stereocenters. The number of carbonyl (C=O) groups is 1. The minimum atomic E-state index is 0.0491. The molecule has 0 rings (SSSR count). The first-order chi connectivity index (χ1) is 25.5. The molecule has 312 valence electrons. The van der Waals surface area contributed by atoms with Crippen molar-refractivity contribution in [3.63, 3.8) is 0 Å². The summed E-state index contributed by atoms with van der Waals surface area (Å²) in [6, 6.07) is 0. The van der Waals surface area contributed by atoms with Crippen LogP contribution in [0.25, 0.3) is 0 Å². The maximum absolute atomic E-state index is 12.5.